The van der Waals surface area contributed by atoms with E-state index in [4.69, 9.17) is 13.7 Å². The van der Waals surface area contributed by atoms with Crippen molar-refractivity contribution in [2.75, 3.05) is 19.0 Å². The molecule has 0 aromatic carbocycles. The molecule has 2 unspecified atom stereocenters. The third kappa shape index (κ3) is 3.55. The van der Waals surface area contributed by atoms with Gasteiger partial charge in [0.25, 0.3) is 6.57 Å². The molecule has 0 aromatic rings. The average molecular weight is 364 g/mol. The van der Waals surface area contributed by atoms with Crippen LogP contribution in [-0.2, 0) is 18.3 Å². The lowest BCUT2D eigenvalue weighted by atomic mass is 9.84. The van der Waals surface area contributed by atoms with Gasteiger partial charge in [-0.1, -0.05) is 39.1 Å². The highest BCUT2D eigenvalue weighted by atomic mass is 32.7. The SMILES string of the molecule is B[C@@H]1O[C@]2(COP(C)(=O)SC2)[C@H](C)C1O[Si](C)(C)C(C)(C)C. The molecule has 2 fully saturated rings. The van der Waals surface area contributed by atoms with Crippen LogP contribution in [-0.4, -0.2) is 52.9 Å². The fourth-order valence-corrected chi connectivity index (χ4v) is 7.39. The first-order valence-corrected chi connectivity index (χ1v) is 14.6. The molecule has 0 aromatic heterocycles. The zero-order chi connectivity index (χ0) is 17.0. The van der Waals surface area contributed by atoms with Crippen LogP contribution in [0.1, 0.15) is 27.7 Å². The molecule has 0 bridgehead atoms. The first-order chi connectivity index (χ1) is 9.80. The van der Waals surface area contributed by atoms with Gasteiger partial charge in [-0.15, -0.1) is 0 Å². The molecule has 0 aliphatic carbocycles. The molecule has 8 heteroatoms. The third-order valence-corrected chi connectivity index (χ3v) is 13.8. The number of hydrogen-bond donors (Lipinski definition) is 0. The highest BCUT2D eigenvalue weighted by molar-refractivity contribution is 8.56. The van der Waals surface area contributed by atoms with Crippen molar-refractivity contribution in [3.05, 3.63) is 0 Å². The Morgan fingerprint density at radius 2 is 2.00 bits per heavy atom. The molecule has 2 aliphatic heterocycles. The summed E-state index contributed by atoms with van der Waals surface area (Å²) in [7, 11) is 0.247. The Morgan fingerprint density at radius 1 is 1.41 bits per heavy atom. The first kappa shape index (κ1) is 19.1. The third-order valence-electron chi connectivity index (χ3n) is 5.53. The highest BCUT2D eigenvalue weighted by Crippen LogP contribution is 2.63. The largest absolute Gasteiger partial charge is 0.412 e. The summed E-state index contributed by atoms with van der Waals surface area (Å²) in [6.45, 7) is 13.1. The molecular weight excluding hydrogens is 334 g/mol. The van der Waals surface area contributed by atoms with Crippen molar-refractivity contribution in [1.29, 1.82) is 0 Å². The second-order valence-electron chi connectivity index (χ2n) is 8.34. The van der Waals surface area contributed by atoms with Gasteiger partial charge in [0.2, 0.25) is 0 Å². The maximum Gasteiger partial charge on any atom is 0.254 e. The summed E-state index contributed by atoms with van der Waals surface area (Å²) >= 11 is 1.41. The van der Waals surface area contributed by atoms with E-state index in [2.05, 4.69) is 48.6 Å². The van der Waals surface area contributed by atoms with E-state index in [0.29, 0.717) is 6.61 Å². The molecule has 5 atom stereocenters. The van der Waals surface area contributed by atoms with Crippen LogP contribution >= 0.6 is 18.0 Å². The van der Waals surface area contributed by atoms with Gasteiger partial charge < -0.3 is 13.7 Å². The summed E-state index contributed by atoms with van der Waals surface area (Å²) in [6.07, 6.45) is 0.0828. The van der Waals surface area contributed by atoms with E-state index < -0.39 is 14.9 Å². The van der Waals surface area contributed by atoms with Gasteiger partial charge in [0, 0.05) is 24.3 Å². The summed E-state index contributed by atoms with van der Waals surface area (Å²) in [6, 6.07) is 0.0441. The molecule has 2 aliphatic rings. The minimum absolute atomic E-state index is 0.0441. The maximum atomic E-state index is 12.1. The van der Waals surface area contributed by atoms with Crippen molar-refractivity contribution in [2.45, 2.75) is 63.5 Å². The van der Waals surface area contributed by atoms with E-state index in [0.717, 1.165) is 5.75 Å². The fourth-order valence-electron chi connectivity index (χ4n) is 2.83. The van der Waals surface area contributed by atoms with Crippen LogP contribution in [0.4, 0.5) is 0 Å². The Hall–Kier alpha value is 0.742. The fraction of sp³-hybridized carbons (Fsp3) is 1.00. The molecule has 0 saturated carbocycles. The van der Waals surface area contributed by atoms with E-state index in [-0.39, 0.29) is 28.7 Å². The normalized spacial score (nSPS) is 43.7. The van der Waals surface area contributed by atoms with E-state index in [1.165, 1.54) is 11.4 Å². The Labute approximate surface area is 141 Å². The van der Waals surface area contributed by atoms with Gasteiger partial charge in [-0.2, -0.15) is 0 Å². The summed E-state index contributed by atoms with van der Waals surface area (Å²) in [5, 5.41) is 0.180. The van der Waals surface area contributed by atoms with Crippen LogP contribution in [0.25, 0.3) is 0 Å². The summed E-state index contributed by atoms with van der Waals surface area (Å²) in [5.41, 5.74) is -0.360. The van der Waals surface area contributed by atoms with Gasteiger partial charge in [0.05, 0.1) is 12.7 Å². The van der Waals surface area contributed by atoms with E-state index in [1.807, 2.05) is 0 Å². The molecule has 4 nitrogen and oxygen atoms in total. The van der Waals surface area contributed by atoms with Gasteiger partial charge in [0.1, 0.15) is 13.4 Å². The van der Waals surface area contributed by atoms with E-state index in [9.17, 15) is 4.57 Å². The highest BCUT2D eigenvalue weighted by Gasteiger charge is 2.56. The summed E-state index contributed by atoms with van der Waals surface area (Å²) in [4.78, 5) is 0. The van der Waals surface area contributed by atoms with Crippen molar-refractivity contribution in [3.63, 3.8) is 0 Å². The van der Waals surface area contributed by atoms with Crippen LogP contribution < -0.4 is 0 Å². The van der Waals surface area contributed by atoms with Gasteiger partial charge >= 0.3 is 0 Å². The van der Waals surface area contributed by atoms with Crippen LogP contribution in [0, 0.1) is 5.92 Å². The summed E-state index contributed by atoms with van der Waals surface area (Å²) in [5.74, 6) is 0.966. The molecule has 0 N–H and O–H groups in total. The van der Waals surface area contributed by atoms with Crippen molar-refractivity contribution >= 4 is 34.1 Å². The van der Waals surface area contributed by atoms with Gasteiger partial charge in [-0.05, 0) is 18.1 Å². The van der Waals surface area contributed by atoms with Crippen LogP contribution in [0.15, 0.2) is 0 Å². The Kier molecular flexibility index (Phi) is 5.13. The molecule has 0 radical (unpaired) electrons. The summed E-state index contributed by atoms with van der Waals surface area (Å²) < 4.78 is 30.6. The molecule has 2 rings (SSSR count). The van der Waals surface area contributed by atoms with Crippen LogP contribution in [0.2, 0.25) is 18.1 Å². The number of ether oxygens (including phenoxy) is 1. The monoisotopic (exact) mass is 364 g/mol. The van der Waals surface area contributed by atoms with Crippen LogP contribution in [0.3, 0.4) is 0 Å². The van der Waals surface area contributed by atoms with Crippen LogP contribution in [0.5, 0.6) is 0 Å². The molecular formula is C14H30BO4PSSi. The molecule has 128 valence electrons. The quantitative estimate of drug-likeness (QED) is 0.556. The van der Waals surface area contributed by atoms with E-state index >= 15 is 0 Å². The minimum Gasteiger partial charge on any atom is -0.412 e. The molecule has 1 spiro atoms. The lowest BCUT2D eigenvalue weighted by Gasteiger charge is -2.42. The van der Waals surface area contributed by atoms with Crippen molar-refractivity contribution in [1.82, 2.24) is 0 Å². The first-order valence-electron chi connectivity index (χ1n) is 8.02. The van der Waals surface area contributed by atoms with Crippen molar-refractivity contribution < 1.29 is 18.3 Å². The Bertz CT molecular complexity index is 470. The Balaban J connectivity index is 2.15. The smallest absolute Gasteiger partial charge is 0.254 e. The zero-order valence-electron chi connectivity index (χ0n) is 15.1. The predicted molar refractivity (Wildman–Crippen MR) is 99.3 cm³/mol. The number of hydrogen-bond acceptors (Lipinski definition) is 5. The van der Waals surface area contributed by atoms with Crippen molar-refractivity contribution in [3.8, 4) is 0 Å². The number of rotatable bonds is 2. The average Bonchev–Trinajstić information content (AvgIpc) is 2.57. The standard InChI is InChI=1S/C14H30BO4PSSi/c1-10-11(19-22(6,7)13(2,3)4)12(15)18-14(10)8-17-20(5,16)21-9-14/h10-12H,8-9,15H2,1-7H3/t10-,11?,12-,14+,20?/m1/s1. The molecule has 2 saturated heterocycles. The van der Waals surface area contributed by atoms with Gasteiger partial charge in [-0.3, -0.25) is 4.57 Å². The van der Waals surface area contributed by atoms with E-state index in [1.54, 1.807) is 6.66 Å². The zero-order valence-corrected chi connectivity index (χ0v) is 17.8. The molecule has 0 amide bonds. The molecule has 2 heterocycles. The predicted octanol–water partition coefficient (Wildman–Crippen LogP) is 3.33. The maximum absolute atomic E-state index is 12.1. The lowest BCUT2D eigenvalue weighted by molar-refractivity contribution is -0.0445. The minimum atomic E-state index is -2.49. The van der Waals surface area contributed by atoms with Gasteiger partial charge in [-0.25, -0.2) is 0 Å². The molecule has 22 heavy (non-hydrogen) atoms. The topological polar surface area (TPSA) is 44.8 Å². The van der Waals surface area contributed by atoms with Gasteiger partial charge in [0.15, 0.2) is 8.32 Å². The second-order valence-corrected chi connectivity index (χ2v) is 18.2. The lowest BCUT2D eigenvalue weighted by Crippen LogP contribution is -2.50. The Morgan fingerprint density at radius 3 is 2.45 bits per heavy atom. The second kappa shape index (κ2) is 5.92. The van der Waals surface area contributed by atoms with Crippen molar-refractivity contribution in [2.24, 2.45) is 5.92 Å².